The van der Waals surface area contributed by atoms with Gasteiger partial charge in [0, 0.05) is 0 Å². The van der Waals surface area contributed by atoms with E-state index in [1.54, 1.807) is 0 Å². The van der Waals surface area contributed by atoms with Crippen LogP contribution in [0.1, 0.15) is 13.8 Å². The summed E-state index contributed by atoms with van der Waals surface area (Å²) in [6.45, 7) is 4.47. The zero-order valence-corrected chi connectivity index (χ0v) is 9.83. The van der Waals surface area contributed by atoms with Crippen molar-refractivity contribution in [3.05, 3.63) is 18.7 Å². The Morgan fingerprint density at radius 1 is 1.69 bits per heavy atom. The maximum atomic E-state index is 9.74. The molecule has 16 heavy (non-hydrogen) atoms. The fourth-order valence-electron chi connectivity index (χ4n) is 0.886. The number of nitrogens with zero attached hydrogens (tertiary/aromatic N) is 2. The Balaban J connectivity index is 0.000000281. The molecule has 0 saturated heterocycles. The molecule has 0 unspecified atom stereocenters. The van der Waals surface area contributed by atoms with Crippen LogP contribution in [-0.4, -0.2) is 27.8 Å². The number of imidazole rings is 1. The van der Waals surface area contributed by atoms with E-state index in [2.05, 4.69) is 24.0 Å². The van der Waals surface area contributed by atoms with Gasteiger partial charge in [-0.1, -0.05) is 0 Å². The van der Waals surface area contributed by atoms with Gasteiger partial charge in [-0.15, -0.1) is 0 Å². The van der Waals surface area contributed by atoms with Crippen molar-refractivity contribution in [1.82, 2.24) is 4.57 Å². The second kappa shape index (κ2) is 6.97. The lowest BCUT2D eigenvalue weighted by Gasteiger charge is -2.14. The van der Waals surface area contributed by atoms with Crippen molar-refractivity contribution in [3.63, 3.8) is 0 Å². The number of aliphatic hydroxyl groups excluding tert-OH is 1. The molecule has 0 aliphatic heterocycles. The lowest BCUT2D eigenvalue weighted by Crippen LogP contribution is -2.48. The zero-order valence-electron chi connectivity index (χ0n) is 9.83. The second-order valence-electron chi connectivity index (χ2n) is 3.49. The minimum absolute atomic E-state index is 1.04. The molecular weight excluding hydrogens is 210 g/mol. The molecular formula is C10H19N3O3. The Labute approximate surface area is 94.9 Å². The van der Waals surface area contributed by atoms with Crippen molar-refractivity contribution in [1.29, 1.82) is 0 Å². The maximum Gasteiger partial charge on any atom is 0.243 e. The maximum absolute atomic E-state index is 9.74. The van der Waals surface area contributed by atoms with Crippen LogP contribution < -0.4 is 15.4 Å². The van der Waals surface area contributed by atoms with Crippen LogP contribution in [0.25, 0.3) is 0 Å². The third kappa shape index (κ3) is 5.47. The first kappa shape index (κ1) is 14.6. The van der Waals surface area contributed by atoms with Gasteiger partial charge in [0.25, 0.3) is 0 Å². The first-order chi connectivity index (χ1) is 7.38. The molecule has 0 radical (unpaired) electrons. The summed E-state index contributed by atoms with van der Waals surface area (Å²) in [6.07, 6.45) is 5.10. The van der Waals surface area contributed by atoms with Gasteiger partial charge < -0.3 is 20.7 Å². The zero-order chi connectivity index (χ0) is 12.7. The van der Waals surface area contributed by atoms with Crippen molar-refractivity contribution in [2.24, 2.45) is 12.8 Å². The average molecular weight is 229 g/mol. The predicted octanol–water partition coefficient (Wildman–Crippen LogP) is -2.22. The SMILES string of the molecule is CCn1cc[n+](C)c1.C[C@@H](O)[C@H](N)C(=O)[O-]. The number of aryl methyl sites for hydroxylation is 2. The normalized spacial score (nSPS) is 13.6. The Hall–Kier alpha value is -1.40. The number of carboxylic acid groups (broad SMARTS) is 1. The summed E-state index contributed by atoms with van der Waals surface area (Å²) >= 11 is 0. The first-order valence-electron chi connectivity index (χ1n) is 5.04. The minimum Gasteiger partial charge on any atom is -0.548 e. The van der Waals surface area contributed by atoms with Gasteiger partial charge in [0.2, 0.25) is 6.33 Å². The Kier molecular flexibility index (Phi) is 6.36. The van der Waals surface area contributed by atoms with Gasteiger partial charge in [0.05, 0.1) is 31.7 Å². The highest BCUT2D eigenvalue weighted by Gasteiger charge is 2.08. The molecule has 2 atom stereocenters. The minimum atomic E-state index is -1.43. The van der Waals surface area contributed by atoms with Crippen LogP contribution in [0.2, 0.25) is 0 Å². The third-order valence-corrected chi connectivity index (χ3v) is 1.98. The first-order valence-corrected chi connectivity index (χ1v) is 5.04. The van der Waals surface area contributed by atoms with Gasteiger partial charge in [-0.05, 0) is 13.8 Å². The molecule has 1 heterocycles. The lowest BCUT2D eigenvalue weighted by molar-refractivity contribution is -0.671. The number of nitrogens with two attached hydrogens (primary N) is 1. The van der Waals surface area contributed by atoms with Gasteiger partial charge in [0.1, 0.15) is 12.4 Å². The van der Waals surface area contributed by atoms with Gasteiger partial charge in [-0.3, -0.25) is 0 Å². The quantitative estimate of drug-likeness (QED) is 0.574. The highest BCUT2D eigenvalue weighted by molar-refractivity contribution is 5.71. The molecule has 0 aliphatic carbocycles. The molecule has 6 heteroatoms. The molecule has 0 bridgehead atoms. The summed E-state index contributed by atoms with van der Waals surface area (Å²) in [6, 6.07) is -1.27. The molecule has 1 rings (SSSR count). The topological polar surface area (TPSA) is 95.2 Å². The highest BCUT2D eigenvalue weighted by Crippen LogP contribution is 1.83. The summed E-state index contributed by atoms with van der Waals surface area (Å²) in [4.78, 5) is 9.74. The molecule has 0 amide bonds. The molecule has 0 aromatic carbocycles. The molecule has 0 fully saturated rings. The number of carboxylic acids is 1. The van der Waals surface area contributed by atoms with E-state index < -0.39 is 18.1 Å². The van der Waals surface area contributed by atoms with E-state index in [1.807, 2.05) is 17.8 Å². The van der Waals surface area contributed by atoms with E-state index in [4.69, 9.17) is 10.8 Å². The fraction of sp³-hybridized carbons (Fsp3) is 0.600. The van der Waals surface area contributed by atoms with Gasteiger partial charge in [0.15, 0.2) is 0 Å². The Morgan fingerprint density at radius 3 is 2.38 bits per heavy atom. The second-order valence-corrected chi connectivity index (χ2v) is 3.49. The van der Waals surface area contributed by atoms with Crippen molar-refractivity contribution in [3.8, 4) is 0 Å². The Morgan fingerprint density at radius 2 is 2.25 bits per heavy atom. The average Bonchev–Trinajstić information content (AvgIpc) is 2.63. The number of hydrogen-bond donors (Lipinski definition) is 2. The number of rotatable bonds is 3. The molecule has 0 saturated carbocycles. The van der Waals surface area contributed by atoms with Crippen molar-refractivity contribution in [2.75, 3.05) is 0 Å². The number of aliphatic hydroxyl groups is 1. The summed E-state index contributed by atoms with van der Waals surface area (Å²) < 4.78 is 4.16. The van der Waals surface area contributed by atoms with Crippen LogP contribution in [-0.2, 0) is 18.4 Å². The van der Waals surface area contributed by atoms with Gasteiger partial charge in [-0.2, -0.15) is 0 Å². The van der Waals surface area contributed by atoms with Gasteiger partial charge in [-0.25, -0.2) is 9.13 Å². The summed E-state index contributed by atoms with van der Waals surface area (Å²) in [5.74, 6) is -1.43. The van der Waals surface area contributed by atoms with Crippen LogP contribution in [0.4, 0.5) is 0 Å². The Bertz CT molecular complexity index is 323. The summed E-state index contributed by atoms with van der Waals surface area (Å²) in [5.41, 5.74) is 4.85. The van der Waals surface area contributed by atoms with Crippen LogP contribution in [0.15, 0.2) is 18.7 Å². The van der Waals surface area contributed by atoms with Crippen LogP contribution in [0, 0.1) is 0 Å². The number of aliphatic carboxylic acids is 1. The molecule has 1 aromatic rings. The molecule has 1 aromatic heterocycles. The lowest BCUT2D eigenvalue weighted by atomic mass is 10.2. The number of carbonyl (C=O) groups excluding carboxylic acids is 1. The van der Waals surface area contributed by atoms with E-state index in [0.29, 0.717) is 0 Å². The number of carbonyl (C=O) groups is 1. The molecule has 92 valence electrons. The summed E-state index contributed by atoms with van der Waals surface area (Å²) in [5, 5.41) is 18.2. The van der Waals surface area contributed by atoms with Crippen LogP contribution >= 0.6 is 0 Å². The molecule has 3 N–H and O–H groups in total. The summed E-state index contributed by atoms with van der Waals surface area (Å²) in [7, 11) is 2.02. The van der Waals surface area contributed by atoms with E-state index in [0.717, 1.165) is 6.54 Å². The highest BCUT2D eigenvalue weighted by atomic mass is 16.4. The van der Waals surface area contributed by atoms with E-state index in [9.17, 15) is 9.90 Å². The molecule has 0 aliphatic rings. The third-order valence-electron chi connectivity index (χ3n) is 1.98. The number of hydrogen-bond acceptors (Lipinski definition) is 4. The molecule has 0 spiro atoms. The van der Waals surface area contributed by atoms with Crippen LogP contribution in [0.3, 0.4) is 0 Å². The van der Waals surface area contributed by atoms with Crippen molar-refractivity contribution in [2.45, 2.75) is 32.5 Å². The van der Waals surface area contributed by atoms with Crippen LogP contribution in [0.5, 0.6) is 0 Å². The molecule has 6 nitrogen and oxygen atoms in total. The fourth-order valence-corrected chi connectivity index (χ4v) is 0.886. The monoisotopic (exact) mass is 229 g/mol. The smallest absolute Gasteiger partial charge is 0.243 e. The predicted molar refractivity (Wildman–Crippen MR) is 55.9 cm³/mol. The van der Waals surface area contributed by atoms with E-state index in [1.165, 1.54) is 6.92 Å². The van der Waals surface area contributed by atoms with Crippen molar-refractivity contribution < 1.29 is 19.6 Å². The van der Waals surface area contributed by atoms with Crippen molar-refractivity contribution >= 4 is 5.97 Å². The number of aromatic nitrogens is 2. The van der Waals surface area contributed by atoms with E-state index >= 15 is 0 Å². The largest absolute Gasteiger partial charge is 0.548 e. The standard InChI is InChI=1S/C6H11N2.C4H9NO3/c1-3-8-5-4-7(2)6-8;1-2(6)3(5)4(7)8/h4-6H,3H2,1-2H3;2-3,6H,5H2,1H3,(H,7,8)/q+1;/p-1/t;2-,3+/m.1/s1. The van der Waals surface area contributed by atoms with Gasteiger partial charge >= 0.3 is 0 Å². The van der Waals surface area contributed by atoms with E-state index in [-0.39, 0.29) is 0 Å².